The molecular weight excluding hydrogens is 284 g/mol. The molecular formula is C15H20N4OS. The molecule has 1 atom stereocenters. The Morgan fingerprint density at radius 1 is 1.29 bits per heavy atom. The Morgan fingerprint density at radius 3 is 2.76 bits per heavy atom. The minimum absolute atomic E-state index is 0.0541. The Morgan fingerprint density at radius 2 is 2.05 bits per heavy atom. The number of ether oxygens (including phenoxy) is 1. The molecule has 1 aliphatic heterocycles. The van der Waals surface area contributed by atoms with Crippen LogP contribution in [-0.2, 0) is 5.41 Å². The summed E-state index contributed by atoms with van der Waals surface area (Å²) in [6, 6.07) is 8.30. The standard InChI is InChI=1S/C15H20N4OS/c1-15(2,3)13-16-17-14-19(13)18-11(9-21-14)10-7-5-6-8-12(10)20-4/h5-8,11,18H,9H2,1-4H3. The van der Waals surface area contributed by atoms with Gasteiger partial charge in [-0.15, -0.1) is 10.2 Å². The maximum absolute atomic E-state index is 5.48. The van der Waals surface area contributed by atoms with E-state index in [1.54, 1.807) is 18.9 Å². The molecule has 112 valence electrons. The van der Waals surface area contributed by atoms with Gasteiger partial charge in [0, 0.05) is 16.7 Å². The fraction of sp³-hybridized carbons (Fsp3) is 0.467. The van der Waals surface area contributed by atoms with E-state index in [1.807, 2.05) is 22.9 Å². The Kier molecular flexibility index (Phi) is 3.57. The zero-order chi connectivity index (χ0) is 15.0. The fourth-order valence-electron chi connectivity index (χ4n) is 2.43. The summed E-state index contributed by atoms with van der Waals surface area (Å²) in [7, 11) is 1.71. The molecule has 1 unspecified atom stereocenters. The molecule has 0 saturated heterocycles. The van der Waals surface area contributed by atoms with E-state index in [-0.39, 0.29) is 11.5 Å². The van der Waals surface area contributed by atoms with Crippen molar-refractivity contribution in [2.75, 3.05) is 18.3 Å². The first-order chi connectivity index (χ1) is 10.0. The normalized spacial score (nSPS) is 18.0. The van der Waals surface area contributed by atoms with Crippen molar-refractivity contribution in [1.29, 1.82) is 0 Å². The molecule has 5 nitrogen and oxygen atoms in total. The highest BCUT2D eigenvalue weighted by Crippen LogP contribution is 2.35. The minimum atomic E-state index is -0.0541. The van der Waals surface area contributed by atoms with Crippen LogP contribution in [0.4, 0.5) is 0 Å². The first-order valence-corrected chi connectivity index (χ1v) is 7.97. The van der Waals surface area contributed by atoms with E-state index in [0.717, 1.165) is 28.0 Å². The number of hydrogen-bond donors (Lipinski definition) is 1. The number of thioether (sulfide) groups is 1. The van der Waals surface area contributed by atoms with Crippen LogP contribution in [0.15, 0.2) is 29.4 Å². The SMILES string of the molecule is COc1ccccc1C1CSc2nnc(C(C)(C)C)n2N1. The first-order valence-electron chi connectivity index (χ1n) is 6.99. The number of fused-ring (bicyclic) bond motifs is 1. The van der Waals surface area contributed by atoms with E-state index < -0.39 is 0 Å². The molecule has 1 aromatic carbocycles. The third-order valence-electron chi connectivity index (χ3n) is 3.48. The largest absolute Gasteiger partial charge is 0.496 e. The molecule has 3 rings (SSSR count). The van der Waals surface area contributed by atoms with Crippen molar-refractivity contribution < 1.29 is 4.74 Å². The number of para-hydroxylation sites is 1. The highest BCUT2D eigenvalue weighted by Gasteiger charge is 2.30. The summed E-state index contributed by atoms with van der Waals surface area (Å²) in [6.07, 6.45) is 0. The number of rotatable bonds is 2. The molecule has 21 heavy (non-hydrogen) atoms. The number of benzene rings is 1. The first kappa shape index (κ1) is 14.3. The highest BCUT2D eigenvalue weighted by molar-refractivity contribution is 7.99. The van der Waals surface area contributed by atoms with Crippen molar-refractivity contribution in [2.24, 2.45) is 0 Å². The van der Waals surface area contributed by atoms with Gasteiger partial charge in [0.25, 0.3) is 0 Å². The van der Waals surface area contributed by atoms with E-state index >= 15 is 0 Å². The average Bonchev–Trinajstić information content (AvgIpc) is 2.90. The lowest BCUT2D eigenvalue weighted by Gasteiger charge is -2.29. The summed E-state index contributed by atoms with van der Waals surface area (Å²) in [6.45, 7) is 6.43. The summed E-state index contributed by atoms with van der Waals surface area (Å²) < 4.78 is 7.49. The molecule has 1 aromatic heterocycles. The lowest BCUT2D eigenvalue weighted by molar-refractivity contribution is 0.405. The van der Waals surface area contributed by atoms with Crippen molar-refractivity contribution >= 4 is 11.8 Å². The lowest BCUT2D eigenvalue weighted by Crippen LogP contribution is -2.32. The molecule has 1 N–H and O–H groups in total. The minimum Gasteiger partial charge on any atom is -0.496 e. The van der Waals surface area contributed by atoms with Crippen LogP contribution in [0.5, 0.6) is 5.75 Å². The van der Waals surface area contributed by atoms with Gasteiger partial charge in [0.15, 0.2) is 5.82 Å². The van der Waals surface area contributed by atoms with Crippen molar-refractivity contribution in [3.05, 3.63) is 35.7 Å². The molecule has 0 amide bonds. The monoisotopic (exact) mass is 304 g/mol. The van der Waals surface area contributed by atoms with Crippen LogP contribution in [0, 0.1) is 0 Å². The summed E-state index contributed by atoms with van der Waals surface area (Å²) in [5, 5.41) is 9.54. The Bertz CT molecular complexity index is 647. The van der Waals surface area contributed by atoms with Crippen LogP contribution in [-0.4, -0.2) is 27.7 Å². The van der Waals surface area contributed by atoms with Crippen LogP contribution in [0.3, 0.4) is 0 Å². The van der Waals surface area contributed by atoms with Gasteiger partial charge in [-0.3, -0.25) is 0 Å². The summed E-state index contributed by atoms with van der Waals surface area (Å²) in [5.41, 5.74) is 4.64. The Labute approximate surface area is 129 Å². The van der Waals surface area contributed by atoms with Crippen molar-refractivity contribution in [3.63, 3.8) is 0 Å². The second-order valence-corrected chi connectivity index (χ2v) is 7.11. The molecule has 1 aliphatic rings. The van der Waals surface area contributed by atoms with Crippen LogP contribution in [0.25, 0.3) is 0 Å². The van der Waals surface area contributed by atoms with Crippen LogP contribution in [0.2, 0.25) is 0 Å². The van der Waals surface area contributed by atoms with Crippen molar-refractivity contribution in [3.8, 4) is 5.75 Å². The van der Waals surface area contributed by atoms with Crippen LogP contribution < -0.4 is 10.2 Å². The summed E-state index contributed by atoms with van der Waals surface area (Å²) >= 11 is 1.72. The molecule has 0 aliphatic carbocycles. The maximum atomic E-state index is 5.48. The molecule has 6 heteroatoms. The predicted molar refractivity (Wildman–Crippen MR) is 84.5 cm³/mol. The van der Waals surface area contributed by atoms with E-state index in [4.69, 9.17) is 4.74 Å². The number of aromatic nitrogens is 3. The zero-order valence-corrected chi connectivity index (χ0v) is 13.6. The van der Waals surface area contributed by atoms with Gasteiger partial charge in [-0.25, -0.2) is 4.68 Å². The van der Waals surface area contributed by atoms with Gasteiger partial charge in [-0.2, -0.15) is 0 Å². The van der Waals surface area contributed by atoms with Crippen molar-refractivity contribution in [2.45, 2.75) is 37.4 Å². The Hall–Kier alpha value is -1.69. The number of methoxy groups -OCH3 is 1. The molecule has 0 radical (unpaired) electrons. The topological polar surface area (TPSA) is 52.0 Å². The molecule has 2 aromatic rings. The van der Waals surface area contributed by atoms with Gasteiger partial charge in [0.05, 0.1) is 13.2 Å². The summed E-state index contributed by atoms with van der Waals surface area (Å²) in [4.78, 5) is 0. The van der Waals surface area contributed by atoms with E-state index in [0.29, 0.717) is 0 Å². The third kappa shape index (κ3) is 2.60. The third-order valence-corrected chi connectivity index (χ3v) is 4.50. The van der Waals surface area contributed by atoms with Gasteiger partial charge >= 0.3 is 0 Å². The lowest BCUT2D eigenvalue weighted by atomic mass is 9.96. The molecule has 2 heterocycles. The van der Waals surface area contributed by atoms with Crippen LogP contribution >= 0.6 is 11.8 Å². The van der Waals surface area contributed by atoms with E-state index in [9.17, 15) is 0 Å². The van der Waals surface area contributed by atoms with E-state index in [2.05, 4.69) is 42.5 Å². The molecule has 0 saturated carbocycles. The van der Waals surface area contributed by atoms with Gasteiger partial charge in [0.1, 0.15) is 5.75 Å². The quantitative estimate of drug-likeness (QED) is 0.924. The van der Waals surface area contributed by atoms with Crippen molar-refractivity contribution in [1.82, 2.24) is 14.9 Å². The maximum Gasteiger partial charge on any atom is 0.210 e. The average molecular weight is 304 g/mol. The number of nitrogens with one attached hydrogen (secondary N) is 1. The van der Waals surface area contributed by atoms with Gasteiger partial charge in [-0.1, -0.05) is 50.7 Å². The zero-order valence-electron chi connectivity index (χ0n) is 12.8. The summed E-state index contributed by atoms with van der Waals surface area (Å²) in [5.74, 6) is 2.76. The predicted octanol–water partition coefficient (Wildman–Crippen LogP) is 2.97. The fourth-order valence-corrected chi connectivity index (χ4v) is 3.37. The second kappa shape index (κ2) is 5.26. The second-order valence-electron chi connectivity index (χ2n) is 6.13. The van der Waals surface area contributed by atoms with E-state index in [1.165, 1.54) is 0 Å². The van der Waals surface area contributed by atoms with Gasteiger partial charge in [0.2, 0.25) is 5.16 Å². The van der Waals surface area contributed by atoms with Gasteiger partial charge < -0.3 is 10.2 Å². The van der Waals surface area contributed by atoms with Gasteiger partial charge in [-0.05, 0) is 6.07 Å². The molecule has 0 bridgehead atoms. The molecule has 0 spiro atoms. The number of hydrogen-bond acceptors (Lipinski definition) is 5. The Balaban J connectivity index is 1.95. The highest BCUT2D eigenvalue weighted by atomic mass is 32.2. The molecule has 0 fully saturated rings. The van der Waals surface area contributed by atoms with Crippen LogP contribution in [0.1, 0.15) is 38.2 Å². The number of nitrogens with zero attached hydrogens (tertiary/aromatic N) is 3. The smallest absolute Gasteiger partial charge is 0.210 e.